The van der Waals surface area contributed by atoms with E-state index < -0.39 is 5.60 Å². The van der Waals surface area contributed by atoms with Gasteiger partial charge < -0.3 is 15.4 Å². The third-order valence-corrected chi connectivity index (χ3v) is 4.00. The number of rotatable bonds is 1. The maximum atomic E-state index is 12.2. The molecule has 118 valence electrons. The van der Waals surface area contributed by atoms with Gasteiger partial charge >= 0.3 is 6.09 Å². The Bertz CT molecular complexity index is 628. The summed E-state index contributed by atoms with van der Waals surface area (Å²) in [6.07, 6.45) is 0.549. The van der Waals surface area contributed by atoms with E-state index >= 15 is 0 Å². The van der Waals surface area contributed by atoms with Crippen LogP contribution in [0.5, 0.6) is 0 Å². The average Bonchev–Trinajstić information content (AvgIpc) is 2.81. The number of carbonyl (C=O) groups excluding carboxylic acids is 1. The van der Waals surface area contributed by atoms with Gasteiger partial charge in [0, 0.05) is 24.2 Å². The molecular weight excluding hydrogens is 278 g/mol. The number of likely N-dealkylation sites (tertiary alicyclic amines) is 1. The third kappa shape index (κ3) is 3.33. The molecule has 1 aliphatic rings. The molecule has 1 saturated heterocycles. The van der Waals surface area contributed by atoms with Crippen LogP contribution < -0.4 is 5.73 Å². The first-order valence-electron chi connectivity index (χ1n) is 7.43. The van der Waals surface area contributed by atoms with Gasteiger partial charge in [0.15, 0.2) is 0 Å². The smallest absolute Gasteiger partial charge is 0.410 e. The number of hydrogen-bond donors (Lipinski definition) is 1. The minimum atomic E-state index is -0.495. The number of benzene rings is 1. The topological polar surface area (TPSA) is 79.3 Å². The number of amides is 1. The van der Waals surface area contributed by atoms with Crippen molar-refractivity contribution in [1.82, 2.24) is 4.90 Å². The van der Waals surface area contributed by atoms with Crippen molar-refractivity contribution < 1.29 is 9.53 Å². The zero-order valence-electron chi connectivity index (χ0n) is 13.6. The fourth-order valence-corrected chi connectivity index (χ4v) is 2.71. The second kappa shape index (κ2) is 5.53. The minimum Gasteiger partial charge on any atom is -0.444 e. The van der Waals surface area contributed by atoms with Gasteiger partial charge in [-0.15, -0.1) is 0 Å². The number of nitrogens with two attached hydrogens (primary N) is 1. The summed E-state index contributed by atoms with van der Waals surface area (Å²) in [5.41, 5.74) is 7.10. The van der Waals surface area contributed by atoms with Gasteiger partial charge in [-0.25, -0.2) is 4.79 Å². The molecule has 22 heavy (non-hydrogen) atoms. The van der Waals surface area contributed by atoms with Crippen LogP contribution in [0.4, 0.5) is 10.5 Å². The van der Waals surface area contributed by atoms with Crippen LogP contribution in [-0.4, -0.2) is 29.7 Å². The molecule has 1 fully saturated rings. The summed E-state index contributed by atoms with van der Waals surface area (Å²) < 4.78 is 5.43. The molecular formula is C17H23N3O2. The summed E-state index contributed by atoms with van der Waals surface area (Å²) in [4.78, 5) is 13.9. The van der Waals surface area contributed by atoms with Gasteiger partial charge in [-0.3, -0.25) is 0 Å². The van der Waals surface area contributed by atoms with E-state index in [1.165, 1.54) is 0 Å². The average molecular weight is 301 g/mol. The fourth-order valence-electron chi connectivity index (χ4n) is 2.71. The second-order valence-electron chi connectivity index (χ2n) is 7.13. The Balaban J connectivity index is 2.17. The van der Waals surface area contributed by atoms with Crippen LogP contribution in [0.25, 0.3) is 0 Å². The normalized spacial score (nSPS) is 21.5. The van der Waals surface area contributed by atoms with E-state index in [1.54, 1.807) is 11.0 Å². The number of carbonyl (C=O) groups is 1. The van der Waals surface area contributed by atoms with Crippen molar-refractivity contribution in [2.75, 3.05) is 18.8 Å². The van der Waals surface area contributed by atoms with Crippen molar-refractivity contribution in [1.29, 1.82) is 5.26 Å². The Morgan fingerprint density at radius 2 is 2.14 bits per heavy atom. The minimum absolute atomic E-state index is 0.184. The number of nitrogens with zero attached hydrogens (tertiary/aromatic N) is 2. The molecule has 1 aromatic carbocycles. The van der Waals surface area contributed by atoms with Crippen LogP contribution in [0.15, 0.2) is 18.2 Å². The first-order valence-corrected chi connectivity index (χ1v) is 7.43. The molecule has 0 saturated carbocycles. The highest BCUT2D eigenvalue weighted by atomic mass is 16.6. The van der Waals surface area contributed by atoms with Crippen molar-refractivity contribution in [3.63, 3.8) is 0 Å². The highest BCUT2D eigenvalue weighted by molar-refractivity contribution is 5.69. The zero-order valence-corrected chi connectivity index (χ0v) is 13.6. The van der Waals surface area contributed by atoms with Crippen LogP contribution in [0.3, 0.4) is 0 Å². The number of ether oxygens (including phenoxy) is 1. The molecule has 1 amide bonds. The maximum Gasteiger partial charge on any atom is 0.410 e. The van der Waals surface area contributed by atoms with Crippen molar-refractivity contribution in [2.45, 2.75) is 45.1 Å². The standard InChI is InChI=1S/C17H23N3O2/c1-16(2,3)22-15(21)20-8-7-17(4,11-20)13-5-6-14(19)12(9-13)10-18/h5-6,9H,7-8,11,19H2,1-4H3. The van der Waals surface area contributed by atoms with Gasteiger partial charge in [0.05, 0.1) is 5.56 Å². The van der Waals surface area contributed by atoms with Gasteiger partial charge in [-0.1, -0.05) is 13.0 Å². The monoisotopic (exact) mass is 301 g/mol. The Kier molecular flexibility index (Phi) is 4.06. The summed E-state index contributed by atoms with van der Waals surface area (Å²) in [5.74, 6) is 0. The summed E-state index contributed by atoms with van der Waals surface area (Å²) in [5, 5.41) is 9.12. The van der Waals surface area contributed by atoms with Gasteiger partial charge in [-0.05, 0) is 44.9 Å². The Hall–Kier alpha value is -2.22. The lowest BCUT2D eigenvalue weighted by atomic mass is 9.81. The third-order valence-electron chi connectivity index (χ3n) is 4.00. The van der Waals surface area contributed by atoms with Crippen LogP contribution in [0.1, 0.15) is 45.2 Å². The van der Waals surface area contributed by atoms with Crippen LogP contribution in [0.2, 0.25) is 0 Å². The van der Waals surface area contributed by atoms with E-state index in [4.69, 9.17) is 15.7 Å². The van der Waals surface area contributed by atoms with Gasteiger partial charge in [-0.2, -0.15) is 5.26 Å². The highest BCUT2D eigenvalue weighted by Crippen LogP contribution is 2.35. The summed E-state index contributed by atoms with van der Waals surface area (Å²) in [6.45, 7) is 8.91. The molecule has 5 heteroatoms. The molecule has 0 spiro atoms. The molecule has 2 rings (SSSR count). The van der Waals surface area contributed by atoms with Crippen molar-refractivity contribution in [2.24, 2.45) is 0 Å². The van der Waals surface area contributed by atoms with Gasteiger partial charge in [0.25, 0.3) is 0 Å². The largest absolute Gasteiger partial charge is 0.444 e. The second-order valence-corrected chi connectivity index (χ2v) is 7.13. The molecule has 0 aromatic heterocycles. The van der Waals surface area contributed by atoms with E-state index in [0.717, 1.165) is 12.0 Å². The fraction of sp³-hybridized carbons (Fsp3) is 0.529. The molecule has 1 unspecified atom stereocenters. The van der Waals surface area contributed by atoms with Crippen molar-refractivity contribution in [3.8, 4) is 6.07 Å². The van der Waals surface area contributed by atoms with Crippen LogP contribution in [0, 0.1) is 11.3 Å². The molecule has 0 aliphatic carbocycles. The molecule has 1 aromatic rings. The maximum absolute atomic E-state index is 12.2. The van der Waals surface area contributed by atoms with Gasteiger partial charge in [0.1, 0.15) is 11.7 Å². The number of hydrogen-bond acceptors (Lipinski definition) is 4. The molecule has 0 radical (unpaired) electrons. The molecule has 1 heterocycles. The SMILES string of the molecule is CC(C)(C)OC(=O)N1CCC(C)(c2ccc(N)c(C#N)c2)C1. The lowest BCUT2D eigenvalue weighted by molar-refractivity contribution is 0.0285. The number of nitriles is 1. The van der Waals surface area contributed by atoms with Crippen molar-refractivity contribution >= 4 is 11.8 Å². The molecule has 0 bridgehead atoms. The Morgan fingerprint density at radius 3 is 2.73 bits per heavy atom. The van der Waals surface area contributed by atoms with Crippen LogP contribution in [-0.2, 0) is 10.2 Å². The lowest BCUT2D eigenvalue weighted by Gasteiger charge is -2.27. The van der Waals surface area contributed by atoms with E-state index in [2.05, 4.69) is 13.0 Å². The Morgan fingerprint density at radius 1 is 1.45 bits per heavy atom. The molecule has 1 atom stereocenters. The van der Waals surface area contributed by atoms with E-state index in [9.17, 15) is 4.79 Å². The molecule has 1 aliphatic heterocycles. The quantitative estimate of drug-likeness (QED) is 0.809. The highest BCUT2D eigenvalue weighted by Gasteiger charge is 2.39. The molecule has 2 N–H and O–H groups in total. The lowest BCUT2D eigenvalue weighted by Crippen LogP contribution is -2.37. The number of nitrogen functional groups attached to an aromatic ring is 1. The predicted molar refractivity (Wildman–Crippen MR) is 85.3 cm³/mol. The summed E-state index contributed by atoms with van der Waals surface area (Å²) in [6, 6.07) is 7.64. The van der Waals surface area contributed by atoms with E-state index in [0.29, 0.717) is 24.3 Å². The van der Waals surface area contributed by atoms with E-state index in [1.807, 2.05) is 32.9 Å². The predicted octanol–water partition coefficient (Wildman–Crippen LogP) is 3.04. The Labute approximate surface area is 131 Å². The van der Waals surface area contributed by atoms with Gasteiger partial charge in [0.2, 0.25) is 0 Å². The van der Waals surface area contributed by atoms with Crippen molar-refractivity contribution in [3.05, 3.63) is 29.3 Å². The van der Waals surface area contributed by atoms with Crippen LogP contribution >= 0.6 is 0 Å². The zero-order chi connectivity index (χ0) is 16.5. The van der Waals surface area contributed by atoms with E-state index in [-0.39, 0.29) is 11.5 Å². The first kappa shape index (κ1) is 16.2. The number of anilines is 1. The first-order chi connectivity index (χ1) is 10.1. The molecule has 5 nitrogen and oxygen atoms in total. The summed E-state index contributed by atoms with van der Waals surface area (Å²) in [7, 11) is 0. The summed E-state index contributed by atoms with van der Waals surface area (Å²) >= 11 is 0.